The number of ether oxygens (including phenoxy) is 2. The van der Waals surface area contributed by atoms with Crippen LogP contribution in [-0.4, -0.2) is 66.0 Å². The van der Waals surface area contributed by atoms with E-state index in [4.69, 9.17) is 15.2 Å². The van der Waals surface area contributed by atoms with Crippen LogP contribution in [0.2, 0.25) is 0 Å². The van der Waals surface area contributed by atoms with Crippen LogP contribution in [0.25, 0.3) is 11.2 Å². The van der Waals surface area contributed by atoms with Crippen molar-refractivity contribution >= 4 is 29.1 Å². The maximum atomic E-state index is 10.6. The lowest BCUT2D eigenvalue weighted by molar-refractivity contribution is -0.0501. The van der Waals surface area contributed by atoms with Gasteiger partial charge in [0.05, 0.1) is 12.8 Å². The number of imidazole rings is 1. The normalized spacial score (nSPS) is 21.9. The summed E-state index contributed by atoms with van der Waals surface area (Å²) in [6.45, 7) is -0.0291. The van der Waals surface area contributed by atoms with E-state index in [2.05, 4.69) is 25.5 Å². The topological polar surface area (TPSA) is 173 Å². The van der Waals surface area contributed by atoms with Gasteiger partial charge in [0.15, 0.2) is 23.2 Å². The van der Waals surface area contributed by atoms with Gasteiger partial charge in [-0.25, -0.2) is 20.4 Å². The molecule has 6 N–H and O–H groups in total. The van der Waals surface area contributed by atoms with E-state index in [1.165, 1.54) is 10.9 Å². The second-order valence-electron chi connectivity index (χ2n) is 8.18. The minimum Gasteiger partial charge on any atom is -0.489 e. The third kappa shape index (κ3) is 4.70. The average molecular weight is 492 g/mol. The van der Waals surface area contributed by atoms with Gasteiger partial charge in [-0.05, 0) is 23.3 Å². The van der Waals surface area contributed by atoms with E-state index < -0.39 is 31.1 Å². The lowest BCUT2D eigenvalue weighted by atomic mass is 10.1. The number of fused-ring (bicyclic) bond motifs is 1. The number of nitrogens with two attached hydrogens (primary N) is 1. The SMILES string of the molecule is Nc1ncnc2c1nc(N/N=C/c1cccc(OCc3ccccc3)c1)n2[C@@H]1O[C@H](CO)[C@@H](O)[C@@H]1O. The molecule has 0 amide bonds. The molecule has 1 aliphatic rings. The predicted molar refractivity (Wildman–Crippen MR) is 131 cm³/mol. The Morgan fingerprint density at radius 3 is 2.72 bits per heavy atom. The van der Waals surface area contributed by atoms with Crippen molar-refractivity contribution in [1.29, 1.82) is 0 Å². The molecule has 12 heteroatoms. The zero-order valence-electron chi connectivity index (χ0n) is 19.0. The maximum absolute atomic E-state index is 10.6. The Kier molecular flexibility index (Phi) is 6.73. The molecule has 0 aliphatic carbocycles. The molecule has 1 fully saturated rings. The van der Waals surface area contributed by atoms with E-state index in [0.29, 0.717) is 12.4 Å². The summed E-state index contributed by atoms with van der Waals surface area (Å²) in [5, 5.41) is 34.5. The number of hydrogen-bond acceptors (Lipinski definition) is 11. The van der Waals surface area contributed by atoms with E-state index >= 15 is 0 Å². The van der Waals surface area contributed by atoms with Crippen LogP contribution in [0.4, 0.5) is 11.8 Å². The molecule has 1 aliphatic heterocycles. The van der Waals surface area contributed by atoms with Crippen molar-refractivity contribution in [2.45, 2.75) is 31.1 Å². The molecule has 0 spiro atoms. The first kappa shape index (κ1) is 23.6. The number of nitrogen functional groups attached to an aromatic ring is 1. The molecular weight excluding hydrogens is 466 g/mol. The Labute approximate surface area is 205 Å². The smallest absolute Gasteiger partial charge is 0.228 e. The number of nitrogens with zero attached hydrogens (tertiary/aromatic N) is 5. The lowest BCUT2D eigenvalue weighted by Crippen LogP contribution is -2.33. The fourth-order valence-corrected chi connectivity index (χ4v) is 3.93. The van der Waals surface area contributed by atoms with E-state index in [0.717, 1.165) is 11.1 Å². The van der Waals surface area contributed by atoms with Gasteiger partial charge in [0, 0.05) is 0 Å². The van der Waals surface area contributed by atoms with Crippen molar-refractivity contribution in [2.24, 2.45) is 5.10 Å². The molecule has 4 aromatic rings. The third-order valence-electron chi connectivity index (χ3n) is 5.76. The highest BCUT2D eigenvalue weighted by molar-refractivity contribution is 5.84. The highest BCUT2D eigenvalue weighted by Gasteiger charge is 2.45. The summed E-state index contributed by atoms with van der Waals surface area (Å²) in [4.78, 5) is 12.6. The van der Waals surface area contributed by atoms with Gasteiger partial charge in [-0.3, -0.25) is 4.57 Å². The Morgan fingerprint density at radius 2 is 1.94 bits per heavy atom. The van der Waals surface area contributed by atoms with Gasteiger partial charge in [0.25, 0.3) is 0 Å². The van der Waals surface area contributed by atoms with Gasteiger partial charge < -0.3 is 30.5 Å². The molecule has 2 aromatic carbocycles. The molecule has 0 unspecified atom stereocenters. The number of aliphatic hydroxyl groups excluding tert-OH is 3. The molecule has 0 saturated carbocycles. The van der Waals surface area contributed by atoms with Crippen molar-refractivity contribution in [3.63, 3.8) is 0 Å². The summed E-state index contributed by atoms with van der Waals surface area (Å²) in [5.41, 5.74) is 11.1. The van der Waals surface area contributed by atoms with E-state index in [9.17, 15) is 15.3 Å². The number of benzene rings is 2. The van der Waals surface area contributed by atoms with Crippen LogP contribution in [0.3, 0.4) is 0 Å². The fraction of sp³-hybridized carbons (Fsp3) is 0.250. The van der Waals surface area contributed by atoms with Crippen LogP contribution in [0, 0.1) is 0 Å². The van der Waals surface area contributed by atoms with Gasteiger partial charge in [-0.15, -0.1) is 0 Å². The Hall–Kier alpha value is -4.10. The average Bonchev–Trinajstić information content (AvgIpc) is 3.41. The summed E-state index contributed by atoms with van der Waals surface area (Å²) < 4.78 is 13.0. The molecule has 0 radical (unpaired) electrons. The van der Waals surface area contributed by atoms with Crippen LogP contribution in [-0.2, 0) is 11.3 Å². The van der Waals surface area contributed by atoms with Gasteiger partial charge in [0.1, 0.15) is 37.0 Å². The number of anilines is 2. The summed E-state index contributed by atoms with van der Waals surface area (Å²) in [6, 6.07) is 17.3. The monoisotopic (exact) mass is 491 g/mol. The third-order valence-corrected chi connectivity index (χ3v) is 5.76. The summed E-state index contributed by atoms with van der Waals surface area (Å²) >= 11 is 0. The standard InChI is InChI=1S/C24H25N7O5/c25-21-18-22(27-13-26-21)31(23-20(34)19(33)17(11-32)36-23)24(29-18)30-28-10-15-7-4-8-16(9-15)35-12-14-5-2-1-3-6-14/h1-10,13,17,19-20,23,32-34H,11-12H2,(H,29,30)(H2,25,26,27)/b28-10+/t17-,19-,20+,23-/m1/s1. The largest absolute Gasteiger partial charge is 0.489 e. The quantitative estimate of drug-likeness (QED) is 0.177. The molecule has 186 valence electrons. The molecule has 2 aromatic heterocycles. The van der Waals surface area contributed by atoms with Gasteiger partial charge in [0.2, 0.25) is 5.95 Å². The predicted octanol–water partition coefficient (Wildman–Crippen LogP) is 1.04. The van der Waals surface area contributed by atoms with Crippen molar-refractivity contribution in [3.05, 3.63) is 72.1 Å². The van der Waals surface area contributed by atoms with Gasteiger partial charge in [-0.2, -0.15) is 5.10 Å². The van der Waals surface area contributed by atoms with Gasteiger partial charge in [-0.1, -0.05) is 42.5 Å². The highest BCUT2D eigenvalue weighted by Crippen LogP contribution is 2.35. The van der Waals surface area contributed by atoms with Crippen LogP contribution in [0.1, 0.15) is 17.4 Å². The van der Waals surface area contributed by atoms with Crippen molar-refractivity contribution in [2.75, 3.05) is 17.8 Å². The summed E-state index contributed by atoms with van der Waals surface area (Å²) in [5.74, 6) is 0.963. The first-order valence-electron chi connectivity index (χ1n) is 11.2. The fourth-order valence-electron chi connectivity index (χ4n) is 3.93. The van der Waals surface area contributed by atoms with E-state index in [1.807, 2.05) is 54.6 Å². The molecule has 1 saturated heterocycles. The molecular formula is C24H25N7O5. The summed E-state index contributed by atoms with van der Waals surface area (Å²) in [7, 11) is 0. The van der Waals surface area contributed by atoms with Crippen molar-refractivity contribution < 1.29 is 24.8 Å². The Bertz CT molecular complexity index is 1360. The molecule has 5 rings (SSSR count). The molecule has 0 bridgehead atoms. The van der Waals surface area contributed by atoms with Crippen LogP contribution in [0.5, 0.6) is 5.75 Å². The van der Waals surface area contributed by atoms with Crippen molar-refractivity contribution in [3.8, 4) is 5.75 Å². The Morgan fingerprint density at radius 1 is 1.11 bits per heavy atom. The second kappa shape index (κ2) is 10.3. The summed E-state index contributed by atoms with van der Waals surface area (Å²) in [6.07, 6.45) is -1.89. The number of hydrogen-bond donors (Lipinski definition) is 5. The zero-order valence-corrected chi connectivity index (χ0v) is 19.0. The van der Waals surface area contributed by atoms with Crippen LogP contribution in [0.15, 0.2) is 66.0 Å². The zero-order chi connectivity index (χ0) is 25.1. The van der Waals surface area contributed by atoms with Crippen LogP contribution >= 0.6 is 0 Å². The van der Waals surface area contributed by atoms with Crippen LogP contribution < -0.4 is 15.9 Å². The van der Waals surface area contributed by atoms with Gasteiger partial charge >= 0.3 is 0 Å². The molecule has 12 nitrogen and oxygen atoms in total. The molecule has 3 heterocycles. The minimum absolute atomic E-state index is 0.126. The Balaban J connectivity index is 1.37. The number of nitrogens with one attached hydrogen (secondary N) is 1. The minimum atomic E-state index is -1.35. The number of hydrazone groups is 1. The lowest BCUT2D eigenvalue weighted by Gasteiger charge is -2.18. The molecule has 4 atom stereocenters. The highest BCUT2D eigenvalue weighted by atomic mass is 16.6. The number of rotatable bonds is 8. The maximum Gasteiger partial charge on any atom is 0.228 e. The first-order valence-corrected chi connectivity index (χ1v) is 11.2. The number of aromatic nitrogens is 4. The second-order valence-corrected chi connectivity index (χ2v) is 8.18. The number of aliphatic hydroxyl groups is 3. The van der Waals surface area contributed by atoms with Crippen molar-refractivity contribution in [1.82, 2.24) is 19.5 Å². The van der Waals surface area contributed by atoms with E-state index in [1.54, 1.807) is 6.21 Å². The first-order chi connectivity index (χ1) is 17.5. The molecule has 36 heavy (non-hydrogen) atoms. The van der Waals surface area contributed by atoms with E-state index in [-0.39, 0.29) is 22.9 Å².